The van der Waals surface area contributed by atoms with Crippen LogP contribution in [0.1, 0.15) is 78.4 Å². The van der Waals surface area contributed by atoms with Crippen molar-refractivity contribution in [1.82, 2.24) is 4.90 Å². The summed E-state index contributed by atoms with van der Waals surface area (Å²) in [4.78, 5) is 2.55. The van der Waals surface area contributed by atoms with Crippen molar-refractivity contribution in [2.75, 3.05) is 31.5 Å². The van der Waals surface area contributed by atoms with Gasteiger partial charge < -0.3 is 10.2 Å². The van der Waals surface area contributed by atoms with Crippen LogP contribution in [-0.2, 0) is 5.41 Å². The van der Waals surface area contributed by atoms with E-state index >= 15 is 0 Å². The highest BCUT2D eigenvalue weighted by molar-refractivity contribution is 5.57. The van der Waals surface area contributed by atoms with Crippen LogP contribution in [-0.4, -0.2) is 31.1 Å². The molecular formula is C29H46N2. The smallest absolute Gasteiger partial charge is 0.0375 e. The Kier molecular flexibility index (Phi) is 10.1. The van der Waals surface area contributed by atoms with Gasteiger partial charge in [-0.1, -0.05) is 97.0 Å². The van der Waals surface area contributed by atoms with Gasteiger partial charge in [-0.2, -0.15) is 0 Å². The lowest BCUT2D eigenvalue weighted by Crippen LogP contribution is -2.30. The van der Waals surface area contributed by atoms with Gasteiger partial charge in [0.1, 0.15) is 0 Å². The van der Waals surface area contributed by atoms with Crippen LogP contribution in [0, 0.1) is 11.8 Å². The minimum atomic E-state index is 0.222. The maximum atomic E-state index is 3.70. The zero-order valence-corrected chi connectivity index (χ0v) is 21.1. The van der Waals surface area contributed by atoms with Gasteiger partial charge in [-0.05, 0) is 66.3 Å². The van der Waals surface area contributed by atoms with E-state index in [4.69, 9.17) is 0 Å². The molecule has 0 saturated heterocycles. The van der Waals surface area contributed by atoms with Gasteiger partial charge in [0, 0.05) is 18.8 Å². The summed E-state index contributed by atoms with van der Waals surface area (Å²) in [5, 5.41) is 3.70. The molecule has 3 unspecified atom stereocenters. The number of fused-ring (bicyclic) bond motifs is 1. The van der Waals surface area contributed by atoms with Gasteiger partial charge in [-0.15, -0.1) is 0 Å². The fraction of sp³-hybridized carbons (Fsp3) is 0.586. The van der Waals surface area contributed by atoms with E-state index in [0.717, 1.165) is 18.4 Å². The lowest BCUT2D eigenvalue weighted by molar-refractivity contribution is 0.243. The lowest BCUT2D eigenvalue weighted by Gasteiger charge is -2.34. The Morgan fingerprint density at radius 3 is 2.10 bits per heavy atom. The molecule has 2 aromatic carbocycles. The van der Waals surface area contributed by atoms with Gasteiger partial charge in [0.15, 0.2) is 0 Å². The Morgan fingerprint density at radius 1 is 1.00 bits per heavy atom. The summed E-state index contributed by atoms with van der Waals surface area (Å²) in [6.07, 6.45) is 2.66. The fourth-order valence-corrected chi connectivity index (χ4v) is 4.49. The van der Waals surface area contributed by atoms with Crippen LogP contribution in [0.3, 0.4) is 0 Å². The van der Waals surface area contributed by atoms with Crippen molar-refractivity contribution in [3.63, 3.8) is 0 Å². The van der Waals surface area contributed by atoms with Crippen molar-refractivity contribution in [3.05, 3.63) is 65.7 Å². The minimum Gasteiger partial charge on any atom is -0.385 e. The summed E-state index contributed by atoms with van der Waals surface area (Å²) < 4.78 is 0. The maximum absolute atomic E-state index is 3.70. The highest BCUT2D eigenvalue weighted by Crippen LogP contribution is 2.39. The van der Waals surface area contributed by atoms with Crippen molar-refractivity contribution in [1.29, 1.82) is 0 Å². The molecule has 3 atom stereocenters. The van der Waals surface area contributed by atoms with E-state index in [1.807, 2.05) is 36.4 Å². The molecule has 0 bridgehead atoms. The first-order valence-electron chi connectivity index (χ1n) is 12.4. The van der Waals surface area contributed by atoms with Gasteiger partial charge in [0.05, 0.1) is 0 Å². The topological polar surface area (TPSA) is 15.3 Å². The first-order valence-corrected chi connectivity index (χ1v) is 12.4. The fourth-order valence-electron chi connectivity index (χ4n) is 4.49. The summed E-state index contributed by atoms with van der Waals surface area (Å²) in [7, 11) is 0. The van der Waals surface area contributed by atoms with Crippen LogP contribution in [0.5, 0.6) is 0 Å². The van der Waals surface area contributed by atoms with E-state index in [1.54, 1.807) is 0 Å². The van der Waals surface area contributed by atoms with Crippen molar-refractivity contribution >= 4 is 5.69 Å². The normalized spacial score (nSPS) is 19.1. The van der Waals surface area contributed by atoms with Crippen LogP contribution in [0.25, 0.3) is 0 Å². The average molecular weight is 423 g/mol. The van der Waals surface area contributed by atoms with E-state index in [-0.39, 0.29) is 5.41 Å². The molecular weight excluding hydrogens is 376 g/mol. The van der Waals surface area contributed by atoms with E-state index in [2.05, 4.69) is 76.9 Å². The largest absolute Gasteiger partial charge is 0.385 e. The molecule has 172 valence electrons. The van der Waals surface area contributed by atoms with Crippen molar-refractivity contribution < 1.29 is 0 Å². The van der Waals surface area contributed by atoms with Crippen LogP contribution in [0.15, 0.2) is 54.6 Å². The molecule has 1 aliphatic heterocycles. The molecule has 0 aliphatic carbocycles. The molecule has 2 nitrogen and oxygen atoms in total. The summed E-state index contributed by atoms with van der Waals surface area (Å²) >= 11 is 0. The molecule has 0 fully saturated rings. The second-order valence-corrected chi connectivity index (χ2v) is 10.3. The molecule has 0 aromatic heterocycles. The quantitative estimate of drug-likeness (QED) is 0.495. The number of hydrogen-bond acceptors (Lipinski definition) is 2. The summed E-state index contributed by atoms with van der Waals surface area (Å²) in [6, 6.07) is 19.1. The van der Waals surface area contributed by atoms with Crippen LogP contribution >= 0.6 is 0 Å². The van der Waals surface area contributed by atoms with E-state index in [9.17, 15) is 0 Å². The van der Waals surface area contributed by atoms with E-state index in [1.165, 1.54) is 49.3 Å². The number of anilines is 1. The van der Waals surface area contributed by atoms with Crippen molar-refractivity contribution in [2.24, 2.45) is 11.8 Å². The molecule has 2 heteroatoms. The molecule has 31 heavy (non-hydrogen) atoms. The molecule has 0 radical (unpaired) electrons. The van der Waals surface area contributed by atoms with Crippen LogP contribution in [0.2, 0.25) is 0 Å². The summed E-state index contributed by atoms with van der Waals surface area (Å²) in [5.74, 6) is 2.19. The Morgan fingerprint density at radius 2 is 1.58 bits per heavy atom. The van der Waals surface area contributed by atoms with Crippen molar-refractivity contribution in [2.45, 2.75) is 72.6 Å². The molecule has 1 N–H and O–H groups in total. The molecule has 1 heterocycles. The van der Waals surface area contributed by atoms with Crippen LogP contribution in [0.4, 0.5) is 5.69 Å². The third-order valence-corrected chi connectivity index (χ3v) is 6.83. The monoisotopic (exact) mass is 422 g/mol. The number of nitrogens with zero attached hydrogens (tertiary/aromatic N) is 1. The summed E-state index contributed by atoms with van der Waals surface area (Å²) in [5.41, 5.74) is 4.56. The number of rotatable bonds is 7. The third kappa shape index (κ3) is 8.00. The Bertz CT molecular complexity index is 716. The van der Waals surface area contributed by atoms with Crippen molar-refractivity contribution in [3.8, 4) is 0 Å². The molecule has 3 rings (SSSR count). The average Bonchev–Trinajstić information content (AvgIpc) is 2.78. The number of hydrogen-bond donors (Lipinski definition) is 1. The lowest BCUT2D eigenvalue weighted by atomic mass is 9.77. The third-order valence-electron chi connectivity index (χ3n) is 6.83. The number of nitrogens with one attached hydrogen (secondary N) is 1. The highest BCUT2D eigenvalue weighted by Gasteiger charge is 2.27. The Hall–Kier alpha value is -1.80. The predicted octanol–water partition coefficient (Wildman–Crippen LogP) is 7.57. The number of benzene rings is 2. The molecule has 0 amide bonds. The minimum absolute atomic E-state index is 0.222. The predicted molar refractivity (Wildman–Crippen MR) is 138 cm³/mol. The maximum Gasteiger partial charge on any atom is 0.0375 e. The SMILES string of the molecule is CCN(CC)CC(C)CCC1CNc2ccc(C(C)(C)C)cc2C1C.c1ccccc1. The van der Waals surface area contributed by atoms with Gasteiger partial charge >= 0.3 is 0 Å². The standard InChI is InChI=1S/C23H40N2.C6H6/c1-8-25(9-2)16-17(3)10-11-19-15-24-22-13-12-20(23(5,6)7)14-21(22)18(19)4;1-2-4-6-5-3-1/h12-14,17-19,24H,8-11,15-16H2,1-7H3;1-6H. The molecule has 2 aromatic rings. The zero-order valence-electron chi connectivity index (χ0n) is 21.1. The van der Waals surface area contributed by atoms with Gasteiger partial charge in [-0.25, -0.2) is 0 Å². The molecule has 0 spiro atoms. The van der Waals surface area contributed by atoms with E-state index in [0.29, 0.717) is 5.92 Å². The molecule has 1 aliphatic rings. The van der Waals surface area contributed by atoms with Crippen LogP contribution < -0.4 is 5.32 Å². The summed E-state index contributed by atoms with van der Waals surface area (Å²) in [6.45, 7) is 21.0. The first-order chi connectivity index (χ1) is 14.8. The first kappa shape index (κ1) is 25.5. The second kappa shape index (κ2) is 12.3. The highest BCUT2D eigenvalue weighted by atomic mass is 15.1. The van der Waals surface area contributed by atoms with E-state index < -0.39 is 0 Å². The second-order valence-electron chi connectivity index (χ2n) is 10.3. The molecule has 0 saturated carbocycles. The Labute approximate surface area is 192 Å². The van der Waals surface area contributed by atoms with Gasteiger partial charge in [0.2, 0.25) is 0 Å². The van der Waals surface area contributed by atoms with Gasteiger partial charge in [0.25, 0.3) is 0 Å². The Balaban J connectivity index is 0.000000488. The zero-order chi connectivity index (χ0) is 22.9. The van der Waals surface area contributed by atoms with Gasteiger partial charge in [-0.3, -0.25) is 0 Å².